The molecule has 0 N–H and O–H groups in total. The second-order valence-electron chi connectivity index (χ2n) is 14.4. The van der Waals surface area contributed by atoms with Crippen LogP contribution in [0.15, 0.2) is 200 Å². The molecule has 0 fully saturated rings. The highest BCUT2D eigenvalue weighted by Gasteiger charge is 2.24. The van der Waals surface area contributed by atoms with E-state index in [-0.39, 0.29) is 0 Å². The minimum Gasteiger partial charge on any atom is -0.208 e. The minimum absolute atomic E-state index is 0.637. The Morgan fingerprint density at radius 3 is 1.29 bits per heavy atom. The summed E-state index contributed by atoms with van der Waals surface area (Å²) in [5.74, 6) is 1.93. The summed E-state index contributed by atoms with van der Waals surface area (Å²) >= 11 is 0. The minimum atomic E-state index is 0.637. The van der Waals surface area contributed by atoms with Crippen molar-refractivity contribution in [2.75, 3.05) is 0 Å². The summed E-state index contributed by atoms with van der Waals surface area (Å²) in [6.07, 6.45) is 0. The van der Waals surface area contributed by atoms with Crippen LogP contribution in [0.2, 0.25) is 0 Å². The van der Waals surface area contributed by atoms with Gasteiger partial charge >= 0.3 is 0 Å². The number of hydrogen-bond donors (Lipinski definition) is 0. The van der Waals surface area contributed by atoms with Crippen LogP contribution >= 0.6 is 0 Å². The molecule has 56 heavy (non-hydrogen) atoms. The van der Waals surface area contributed by atoms with Gasteiger partial charge in [-0.1, -0.05) is 176 Å². The van der Waals surface area contributed by atoms with E-state index in [9.17, 15) is 0 Å². The fraction of sp³-hybridized carbons (Fsp3) is 0. The number of hydrogen-bond acceptors (Lipinski definition) is 3. The molecule has 1 aliphatic rings. The van der Waals surface area contributed by atoms with Crippen LogP contribution in [0, 0.1) is 0 Å². The summed E-state index contributed by atoms with van der Waals surface area (Å²) < 4.78 is 0. The lowest BCUT2D eigenvalue weighted by atomic mass is 9.88. The lowest BCUT2D eigenvalue weighted by Gasteiger charge is -2.16. The normalized spacial score (nSPS) is 11.6. The molecule has 0 bridgehead atoms. The number of nitrogens with zero attached hydrogens (tertiary/aromatic N) is 3. The third-order valence-corrected chi connectivity index (χ3v) is 11.0. The molecule has 0 aliphatic heterocycles. The Bertz CT molecular complexity index is 3070. The number of benzene rings is 9. The van der Waals surface area contributed by atoms with Gasteiger partial charge < -0.3 is 0 Å². The summed E-state index contributed by atoms with van der Waals surface area (Å²) in [6.45, 7) is 0. The maximum atomic E-state index is 5.05. The molecule has 0 spiro atoms. The van der Waals surface area contributed by atoms with E-state index in [0.717, 1.165) is 27.8 Å². The topological polar surface area (TPSA) is 38.7 Å². The van der Waals surface area contributed by atoms with Crippen LogP contribution in [0.4, 0.5) is 0 Å². The highest BCUT2D eigenvalue weighted by molar-refractivity contribution is 6.19. The molecule has 0 unspecified atom stereocenters. The van der Waals surface area contributed by atoms with E-state index in [0.29, 0.717) is 17.5 Å². The van der Waals surface area contributed by atoms with Crippen LogP contribution in [0.3, 0.4) is 0 Å². The summed E-state index contributed by atoms with van der Waals surface area (Å²) in [5.41, 5.74) is 15.1. The highest BCUT2D eigenvalue weighted by Crippen LogP contribution is 2.51. The number of aromatic nitrogens is 3. The van der Waals surface area contributed by atoms with Crippen molar-refractivity contribution in [3.05, 3.63) is 200 Å². The SMILES string of the molecule is c1ccc(-c2nc(-c3ccccc3)nc(-c3cccc(-c4cc5ccccc5cc4-c4cccc(-c5ccc6cccc7c6c5-c5ccccc5-7)c4)c3)n2)cc1. The van der Waals surface area contributed by atoms with Crippen molar-refractivity contribution in [1.82, 2.24) is 15.0 Å². The van der Waals surface area contributed by atoms with E-state index in [1.54, 1.807) is 0 Å². The van der Waals surface area contributed by atoms with Gasteiger partial charge in [0.2, 0.25) is 0 Å². The fourth-order valence-electron chi connectivity index (χ4n) is 8.40. The average molecular weight is 712 g/mol. The van der Waals surface area contributed by atoms with Crippen molar-refractivity contribution >= 4 is 21.5 Å². The maximum absolute atomic E-state index is 5.05. The van der Waals surface area contributed by atoms with Gasteiger partial charge in [-0.3, -0.25) is 0 Å². The lowest BCUT2D eigenvalue weighted by Crippen LogP contribution is -2.00. The van der Waals surface area contributed by atoms with Gasteiger partial charge in [0.25, 0.3) is 0 Å². The van der Waals surface area contributed by atoms with E-state index in [1.165, 1.54) is 66.1 Å². The van der Waals surface area contributed by atoms with Crippen molar-refractivity contribution in [2.24, 2.45) is 0 Å². The predicted molar refractivity (Wildman–Crippen MR) is 232 cm³/mol. The Morgan fingerprint density at radius 1 is 0.232 bits per heavy atom. The van der Waals surface area contributed by atoms with Gasteiger partial charge in [0.15, 0.2) is 17.5 Å². The summed E-state index contributed by atoms with van der Waals surface area (Å²) in [6, 6.07) is 71.3. The molecule has 1 aromatic heterocycles. The zero-order valence-electron chi connectivity index (χ0n) is 30.4. The molecule has 0 radical (unpaired) electrons. The average Bonchev–Trinajstić information content (AvgIpc) is 3.62. The summed E-state index contributed by atoms with van der Waals surface area (Å²) in [4.78, 5) is 15.0. The van der Waals surface area contributed by atoms with E-state index in [4.69, 9.17) is 15.0 Å². The second-order valence-corrected chi connectivity index (χ2v) is 14.4. The quantitative estimate of drug-likeness (QED) is 0.172. The smallest absolute Gasteiger partial charge is 0.164 e. The number of fused-ring (bicyclic) bond motifs is 4. The lowest BCUT2D eigenvalue weighted by molar-refractivity contribution is 1.07. The zero-order valence-corrected chi connectivity index (χ0v) is 30.4. The van der Waals surface area contributed by atoms with E-state index >= 15 is 0 Å². The molecule has 9 aromatic carbocycles. The number of rotatable bonds is 6. The second kappa shape index (κ2) is 13.1. The van der Waals surface area contributed by atoms with Crippen molar-refractivity contribution in [1.29, 1.82) is 0 Å². The Morgan fingerprint density at radius 2 is 0.661 bits per heavy atom. The van der Waals surface area contributed by atoms with Gasteiger partial charge in [-0.25, -0.2) is 15.0 Å². The summed E-state index contributed by atoms with van der Waals surface area (Å²) in [7, 11) is 0. The molecule has 10 aromatic rings. The van der Waals surface area contributed by atoms with Gasteiger partial charge in [0.1, 0.15) is 0 Å². The molecule has 260 valence electrons. The molecule has 0 saturated heterocycles. The van der Waals surface area contributed by atoms with Crippen molar-refractivity contribution in [3.63, 3.8) is 0 Å². The first-order valence-corrected chi connectivity index (χ1v) is 19.0. The Kier molecular flexibility index (Phi) is 7.49. The van der Waals surface area contributed by atoms with Crippen LogP contribution < -0.4 is 0 Å². The molecule has 0 amide bonds. The van der Waals surface area contributed by atoms with Gasteiger partial charge in [-0.2, -0.15) is 0 Å². The van der Waals surface area contributed by atoms with Crippen LogP contribution in [-0.2, 0) is 0 Å². The van der Waals surface area contributed by atoms with Gasteiger partial charge in [0.05, 0.1) is 0 Å². The van der Waals surface area contributed by atoms with Gasteiger partial charge in [0, 0.05) is 16.7 Å². The third-order valence-electron chi connectivity index (χ3n) is 11.0. The standard InChI is InChI=1S/C53H33N3/c1-3-14-35(15-4-1)51-54-52(36-16-5-2-6-17-36)56-53(55-51)42-24-12-23-41(31-42)48-33-38-19-8-7-18-37(38)32-47(48)40-22-11-21-39(30-40)43-29-28-34-20-13-27-45-44-25-9-10-26-46(44)50(43)49(34)45/h1-33H. The van der Waals surface area contributed by atoms with E-state index in [2.05, 4.69) is 140 Å². The first-order chi connectivity index (χ1) is 27.7. The molecule has 0 saturated carbocycles. The van der Waals surface area contributed by atoms with Crippen LogP contribution in [0.1, 0.15) is 0 Å². The van der Waals surface area contributed by atoms with Crippen LogP contribution in [-0.4, -0.2) is 15.0 Å². The van der Waals surface area contributed by atoms with Crippen LogP contribution in [0.5, 0.6) is 0 Å². The third kappa shape index (κ3) is 5.40. The van der Waals surface area contributed by atoms with E-state index in [1.807, 2.05) is 60.7 Å². The first kappa shape index (κ1) is 32.0. The van der Waals surface area contributed by atoms with Crippen LogP contribution in [0.25, 0.3) is 111 Å². The Balaban J connectivity index is 1.07. The predicted octanol–water partition coefficient (Wildman–Crippen LogP) is 13.8. The molecule has 11 rings (SSSR count). The molecule has 3 nitrogen and oxygen atoms in total. The molecule has 3 heteroatoms. The molecule has 1 heterocycles. The molecule has 1 aliphatic carbocycles. The monoisotopic (exact) mass is 711 g/mol. The van der Waals surface area contributed by atoms with Gasteiger partial charge in [-0.15, -0.1) is 0 Å². The van der Waals surface area contributed by atoms with Crippen molar-refractivity contribution < 1.29 is 0 Å². The Hall–Kier alpha value is -7.49. The maximum Gasteiger partial charge on any atom is 0.164 e. The first-order valence-electron chi connectivity index (χ1n) is 19.0. The fourth-order valence-corrected chi connectivity index (χ4v) is 8.40. The van der Waals surface area contributed by atoms with Crippen molar-refractivity contribution in [2.45, 2.75) is 0 Å². The Labute approximate surface area is 325 Å². The van der Waals surface area contributed by atoms with Crippen molar-refractivity contribution in [3.8, 4) is 89.8 Å². The summed E-state index contributed by atoms with van der Waals surface area (Å²) in [5, 5.41) is 5.00. The van der Waals surface area contributed by atoms with Gasteiger partial charge in [-0.05, 0) is 101 Å². The molecular formula is C53H33N3. The van der Waals surface area contributed by atoms with E-state index < -0.39 is 0 Å². The molecular weight excluding hydrogens is 679 g/mol. The highest BCUT2D eigenvalue weighted by atomic mass is 15.0. The molecule has 0 atom stereocenters. The largest absolute Gasteiger partial charge is 0.208 e. The zero-order chi connectivity index (χ0) is 37.0.